The van der Waals surface area contributed by atoms with E-state index in [1.165, 1.54) is 29.8 Å². The van der Waals surface area contributed by atoms with Crippen molar-refractivity contribution in [1.29, 1.82) is 0 Å². The number of hydrogen-bond donors (Lipinski definition) is 0. The van der Waals surface area contributed by atoms with Crippen LogP contribution in [0.15, 0.2) is 53.7 Å². The van der Waals surface area contributed by atoms with Crippen molar-refractivity contribution in [1.82, 2.24) is 24.5 Å². The molecular weight excluding hydrogens is 459 g/mol. The predicted molar refractivity (Wildman–Crippen MR) is 129 cm³/mol. The zero-order chi connectivity index (χ0) is 23.7. The molecule has 2 fully saturated rings. The second-order valence-electron chi connectivity index (χ2n) is 8.30. The molecule has 3 aromatic heterocycles. The molecule has 6 rings (SSSR count). The molecule has 4 aromatic rings. The highest BCUT2D eigenvalue weighted by Gasteiger charge is 2.23. The highest BCUT2D eigenvalue weighted by atomic mass is 35.5. The topological polar surface area (TPSA) is 78.1 Å². The molecule has 1 aliphatic heterocycles. The van der Waals surface area contributed by atoms with E-state index in [4.69, 9.17) is 16.3 Å². The first-order valence-electron chi connectivity index (χ1n) is 11.2. The number of anilines is 1. The highest BCUT2D eigenvalue weighted by molar-refractivity contribution is 6.30. The summed E-state index contributed by atoms with van der Waals surface area (Å²) in [7, 11) is 1.58. The SMILES string of the molecule is Cn1ncc2c(-c3ccc(Cl)cc3F)nc(N3CCOCC3)cc2c1=O.c1cnn(C2CC2)c1. The van der Waals surface area contributed by atoms with Crippen LogP contribution in [0.1, 0.15) is 18.9 Å². The van der Waals surface area contributed by atoms with Crippen LogP contribution in [0, 0.1) is 5.82 Å². The fourth-order valence-electron chi connectivity index (χ4n) is 3.90. The van der Waals surface area contributed by atoms with Crippen LogP contribution in [0.2, 0.25) is 5.02 Å². The van der Waals surface area contributed by atoms with E-state index in [0.29, 0.717) is 53.6 Å². The Labute approximate surface area is 200 Å². The summed E-state index contributed by atoms with van der Waals surface area (Å²) in [5.74, 6) is 0.125. The second kappa shape index (κ2) is 9.52. The molecule has 0 N–H and O–H groups in total. The molecule has 4 heterocycles. The van der Waals surface area contributed by atoms with E-state index in [-0.39, 0.29) is 11.1 Å². The largest absolute Gasteiger partial charge is 0.378 e. The van der Waals surface area contributed by atoms with Gasteiger partial charge in [0.2, 0.25) is 0 Å². The maximum atomic E-state index is 14.6. The van der Waals surface area contributed by atoms with Crippen molar-refractivity contribution in [3.8, 4) is 11.3 Å². The van der Waals surface area contributed by atoms with Crippen molar-refractivity contribution >= 4 is 28.2 Å². The fraction of sp³-hybridized carbons (Fsp3) is 0.333. The minimum absolute atomic E-state index is 0.255. The number of ether oxygens (including phenoxy) is 1. The molecule has 0 amide bonds. The standard InChI is InChI=1S/C18H16ClFN4O2.C6H8N2/c1-23-18(25)13-9-16(24-4-6-26-7-5-24)22-17(14(13)10-21-23)12-3-2-11(19)8-15(12)20;1-4-7-8(5-1)6-2-3-6/h2-3,8-10H,4-7H2,1H3;1,4-6H,2-3H2. The fourth-order valence-corrected chi connectivity index (χ4v) is 4.06. The first kappa shape index (κ1) is 22.5. The Morgan fingerprint density at radius 2 is 1.91 bits per heavy atom. The number of aromatic nitrogens is 5. The molecule has 0 spiro atoms. The molecule has 0 unspecified atom stereocenters. The summed E-state index contributed by atoms with van der Waals surface area (Å²) in [5.41, 5.74) is 0.406. The summed E-state index contributed by atoms with van der Waals surface area (Å²) in [5, 5.41) is 9.41. The molecular formula is C24H24ClFN6O2. The van der Waals surface area contributed by atoms with Crippen LogP contribution < -0.4 is 10.5 Å². The lowest BCUT2D eigenvalue weighted by atomic mass is 10.1. The van der Waals surface area contributed by atoms with Gasteiger partial charge in [-0.25, -0.2) is 14.1 Å². The van der Waals surface area contributed by atoms with Gasteiger partial charge < -0.3 is 9.64 Å². The van der Waals surface area contributed by atoms with Gasteiger partial charge in [0.05, 0.1) is 36.5 Å². The monoisotopic (exact) mass is 482 g/mol. The van der Waals surface area contributed by atoms with E-state index < -0.39 is 5.82 Å². The number of fused-ring (bicyclic) bond motifs is 1. The van der Waals surface area contributed by atoms with E-state index in [1.54, 1.807) is 25.2 Å². The maximum absolute atomic E-state index is 14.6. The van der Waals surface area contributed by atoms with Gasteiger partial charge in [-0.1, -0.05) is 11.6 Å². The third-order valence-electron chi connectivity index (χ3n) is 5.90. The zero-order valence-electron chi connectivity index (χ0n) is 18.7. The molecule has 8 nitrogen and oxygen atoms in total. The number of nitrogens with zero attached hydrogens (tertiary/aromatic N) is 6. The van der Waals surface area contributed by atoms with Crippen molar-refractivity contribution in [2.24, 2.45) is 7.05 Å². The van der Waals surface area contributed by atoms with Crippen molar-refractivity contribution < 1.29 is 9.13 Å². The molecule has 1 saturated heterocycles. The first-order valence-corrected chi connectivity index (χ1v) is 11.5. The number of pyridine rings is 1. The number of halogens is 2. The Kier molecular flexibility index (Phi) is 6.30. The minimum atomic E-state index is -0.494. The zero-order valence-corrected chi connectivity index (χ0v) is 19.5. The Balaban J connectivity index is 0.000000252. The number of rotatable bonds is 3. The predicted octanol–water partition coefficient (Wildman–Crippen LogP) is 3.84. The van der Waals surface area contributed by atoms with Gasteiger partial charge in [-0.15, -0.1) is 0 Å². The van der Waals surface area contributed by atoms with Crippen molar-refractivity contribution in [3.05, 3.63) is 70.1 Å². The van der Waals surface area contributed by atoms with E-state index >= 15 is 0 Å². The minimum Gasteiger partial charge on any atom is -0.378 e. The molecule has 0 atom stereocenters. The average Bonchev–Trinajstić information content (AvgIpc) is 3.56. The van der Waals surface area contributed by atoms with Crippen molar-refractivity contribution in [2.45, 2.75) is 18.9 Å². The first-order chi connectivity index (χ1) is 16.5. The van der Waals surface area contributed by atoms with Gasteiger partial charge in [-0.3, -0.25) is 9.48 Å². The number of benzene rings is 1. The van der Waals surface area contributed by atoms with Gasteiger partial charge in [-0.05, 0) is 43.2 Å². The molecule has 34 heavy (non-hydrogen) atoms. The smallest absolute Gasteiger partial charge is 0.274 e. The highest BCUT2D eigenvalue weighted by Crippen LogP contribution is 2.33. The van der Waals surface area contributed by atoms with Crippen molar-refractivity contribution in [2.75, 3.05) is 31.2 Å². The van der Waals surface area contributed by atoms with E-state index in [1.807, 2.05) is 28.0 Å². The molecule has 0 bridgehead atoms. The van der Waals surface area contributed by atoms with Crippen LogP contribution in [0.4, 0.5) is 10.2 Å². The van der Waals surface area contributed by atoms with Crippen LogP contribution in [0.3, 0.4) is 0 Å². The van der Waals surface area contributed by atoms with Crippen LogP contribution in [-0.4, -0.2) is 50.8 Å². The summed E-state index contributed by atoms with van der Waals surface area (Å²) >= 11 is 5.87. The van der Waals surface area contributed by atoms with Gasteiger partial charge in [-0.2, -0.15) is 10.2 Å². The maximum Gasteiger partial charge on any atom is 0.274 e. The lowest BCUT2D eigenvalue weighted by Crippen LogP contribution is -2.37. The van der Waals surface area contributed by atoms with Gasteiger partial charge >= 0.3 is 0 Å². The summed E-state index contributed by atoms with van der Waals surface area (Å²) < 4.78 is 23.2. The molecule has 1 aromatic carbocycles. The summed E-state index contributed by atoms with van der Waals surface area (Å²) in [6.07, 6.45) is 8.04. The van der Waals surface area contributed by atoms with Crippen LogP contribution >= 0.6 is 11.6 Å². The lowest BCUT2D eigenvalue weighted by Gasteiger charge is -2.28. The van der Waals surface area contributed by atoms with Gasteiger partial charge in [0, 0.05) is 48.5 Å². The Morgan fingerprint density at radius 1 is 1.12 bits per heavy atom. The molecule has 2 aliphatic rings. The molecule has 1 saturated carbocycles. The Morgan fingerprint density at radius 3 is 2.59 bits per heavy atom. The number of hydrogen-bond acceptors (Lipinski definition) is 6. The third-order valence-corrected chi connectivity index (χ3v) is 6.13. The van der Waals surface area contributed by atoms with Crippen LogP contribution in [0.25, 0.3) is 22.0 Å². The van der Waals surface area contributed by atoms with E-state index in [0.717, 1.165) is 6.04 Å². The number of aryl methyl sites for hydroxylation is 1. The molecule has 1 aliphatic carbocycles. The lowest BCUT2D eigenvalue weighted by molar-refractivity contribution is 0.122. The van der Waals surface area contributed by atoms with Gasteiger partial charge in [0.1, 0.15) is 11.6 Å². The molecule has 10 heteroatoms. The second-order valence-corrected chi connectivity index (χ2v) is 8.74. The van der Waals surface area contributed by atoms with Gasteiger partial charge in [0.15, 0.2) is 0 Å². The third kappa shape index (κ3) is 4.67. The van der Waals surface area contributed by atoms with Crippen LogP contribution in [-0.2, 0) is 11.8 Å². The van der Waals surface area contributed by atoms with E-state index in [2.05, 4.69) is 15.2 Å². The Bertz CT molecular complexity index is 1360. The van der Waals surface area contributed by atoms with E-state index in [9.17, 15) is 9.18 Å². The summed E-state index contributed by atoms with van der Waals surface area (Å²) in [6, 6.07) is 8.86. The molecule has 176 valence electrons. The van der Waals surface area contributed by atoms with Gasteiger partial charge in [0.25, 0.3) is 5.56 Å². The molecule has 0 radical (unpaired) electrons. The van der Waals surface area contributed by atoms with Crippen molar-refractivity contribution in [3.63, 3.8) is 0 Å². The average molecular weight is 483 g/mol. The Hall–Kier alpha value is -3.30. The summed E-state index contributed by atoms with van der Waals surface area (Å²) in [6.45, 7) is 2.48. The normalized spacial score (nSPS) is 15.8. The van der Waals surface area contributed by atoms with Crippen LogP contribution in [0.5, 0.6) is 0 Å². The number of morpholine rings is 1. The quantitative estimate of drug-likeness (QED) is 0.441. The summed E-state index contributed by atoms with van der Waals surface area (Å²) in [4.78, 5) is 19.3.